The van der Waals surface area contributed by atoms with Crippen molar-refractivity contribution in [2.45, 2.75) is 46.0 Å². The maximum absolute atomic E-state index is 10.6. The van der Waals surface area contributed by atoms with Crippen LogP contribution in [0.3, 0.4) is 0 Å². The molecule has 1 aromatic rings. The lowest BCUT2D eigenvalue weighted by atomic mass is 9.80. The average Bonchev–Trinajstić information content (AvgIpc) is 2.37. The minimum Gasteiger partial charge on any atom is -0.507 e. The molecule has 0 fully saturated rings. The number of phenolic OH excluding ortho intramolecular Hbond substituents is 1. The van der Waals surface area contributed by atoms with Crippen molar-refractivity contribution in [3.8, 4) is 11.5 Å². The van der Waals surface area contributed by atoms with E-state index < -0.39 is 5.97 Å². The van der Waals surface area contributed by atoms with Crippen molar-refractivity contribution in [3.63, 3.8) is 0 Å². The zero-order valence-electron chi connectivity index (χ0n) is 12.0. The molecule has 0 bridgehead atoms. The molecule has 0 unspecified atom stereocenters. The summed E-state index contributed by atoms with van der Waals surface area (Å²) in [6.45, 7) is 7.71. The third-order valence-electron chi connectivity index (χ3n) is 3.52. The first-order chi connectivity index (χ1) is 8.81. The Morgan fingerprint density at radius 2 is 1.95 bits per heavy atom. The first-order valence-corrected chi connectivity index (χ1v) is 6.52. The van der Waals surface area contributed by atoms with E-state index in [0.29, 0.717) is 12.2 Å². The van der Waals surface area contributed by atoms with Gasteiger partial charge in [0.25, 0.3) is 0 Å². The number of rotatable bonds is 6. The molecule has 4 heteroatoms. The molecule has 0 saturated heterocycles. The number of aromatic hydroxyl groups is 1. The summed E-state index contributed by atoms with van der Waals surface area (Å²) in [7, 11) is 0. The number of carboxylic acid groups (broad SMARTS) is 1. The highest BCUT2D eigenvalue weighted by Crippen LogP contribution is 2.38. The number of ether oxygens (including phenoxy) is 1. The molecule has 0 aliphatic rings. The molecule has 1 rings (SSSR count). The van der Waals surface area contributed by atoms with Crippen molar-refractivity contribution in [1.82, 2.24) is 0 Å². The van der Waals surface area contributed by atoms with Gasteiger partial charge in [0.1, 0.15) is 11.5 Å². The molecule has 1 aromatic carbocycles. The van der Waals surface area contributed by atoms with E-state index in [4.69, 9.17) is 9.84 Å². The highest BCUT2D eigenvalue weighted by molar-refractivity contribution is 5.68. The number of carbonyl (C=O) groups is 1. The highest BCUT2D eigenvalue weighted by atomic mass is 16.5. The summed E-state index contributed by atoms with van der Waals surface area (Å²) in [4.78, 5) is 10.6. The summed E-state index contributed by atoms with van der Waals surface area (Å²) >= 11 is 0. The molecule has 0 aromatic heterocycles. The van der Waals surface area contributed by atoms with E-state index >= 15 is 0 Å². The van der Waals surface area contributed by atoms with Gasteiger partial charge in [0, 0.05) is 5.56 Å². The standard InChI is InChI=1S/C15H22O4/c1-5-10-7-11(19-9-13(16)17)8-12(14(10)18)15(3,4)6-2/h7-8,18H,5-6,9H2,1-4H3,(H,16,17). The fraction of sp³-hybridized carbons (Fsp3) is 0.533. The van der Waals surface area contributed by atoms with E-state index in [1.54, 1.807) is 12.1 Å². The normalized spacial score (nSPS) is 11.4. The third-order valence-corrected chi connectivity index (χ3v) is 3.52. The number of benzene rings is 1. The van der Waals surface area contributed by atoms with Gasteiger partial charge in [-0.25, -0.2) is 4.79 Å². The topological polar surface area (TPSA) is 66.8 Å². The van der Waals surface area contributed by atoms with Crippen molar-refractivity contribution in [1.29, 1.82) is 0 Å². The molecular weight excluding hydrogens is 244 g/mol. The number of hydrogen-bond acceptors (Lipinski definition) is 3. The summed E-state index contributed by atoms with van der Waals surface area (Å²) < 4.78 is 5.23. The smallest absolute Gasteiger partial charge is 0.341 e. The molecule has 2 N–H and O–H groups in total. The Morgan fingerprint density at radius 1 is 1.32 bits per heavy atom. The van der Waals surface area contributed by atoms with Gasteiger partial charge in [-0.15, -0.1) is 0 Å². The van der Waals surface area contributed by atoms with Crippen molar-refractivity contribution < 1.29 is 19.7 Å². The molecule has 0 saturated carbocycles. The van der Waals surface area contributed by atoms with Gasteiger partial charge < -0.3 is 14.9 Å². The van der Waals surface area contributed by atoms with Crippen molar-refractivity contribution in [2.75, 3.05) is 6.61 Å². The van der Waals surface area contributed by atoms with E-state index in [9.17, 15) is 9.90 Å². The number of phenols is 1. The van der Waals surface area contributed by atoms with E-state index in [0.717, 1.165) is 17.5 Å². The van der Waals surface area contributed by atoms with Crippen LogP contribution in [-0.2, 0) is 16.6 Å². The SMILES string of the molecule is CCc1cc(OCC(=O)O)cc(C(C)(C)CC)c1O. The van der Waals surface area contributed by atoms with E-state index in [-0.39, 0.29) is 17.8 Å². The Hall–Kier alpha value is -1.71. The van der Waals surface area contributed by atoms with Crippen LogP contribution in [0.2, 0.25) is 0 Å². The van der Waals surface area contributed by atoms with Gasteiger partial charge >= 0.3 is 5.97 Å². The van der Waals surface area contributed by atoms with Crippen LogP contribution in [0, 0.1) is 0 Å². The van der Waals surface area contributed by atoms with Gasteiger partial charge in [-0.2, -0.15) is 0 Å². The van der Waals surface area contributed by atoms with Crippen molar-refractivity contribution >= 4 is 5.97 Å². The second-order valence-corrected chi connectivity index (χ2v) is 5.25. The van der Waals surface area contributed by atoms with Gasteiger partial charge in [-0.3, -0.25) is 0 Å². The molecule has 0 aliphatic heterocycles. The molecule has 0 spiro atoms. The Kier molecular flexibility index (Phi) is 4.81. The van der Waals surface area contributed by atoms with E-state index in [2.05, 4.69) is 6.92 Å². The average molecular weight is 266 g/mol. The van der Waals surface area contributed by atoms with Crippen molar-refractivity contribution in [2.24, 2.45) is 0 Å². The third kappa shape index (κ3) is 3.63. The largest absolute Gasteiger partial charge is 0.507 e. The minimum absolute atomic E-state index is 0.184. The molecule has 106 valence electrons. The quantitative estimate of drug-likeness (QED) is 0.830. The summed E-state index contributed by atoms with van der Waals surface area (Å²) in [6.07, 6.45) is 1.54. The lowest BCUT2D eigenvalue weighted by Gasteiger charge is -2.26. The maximum atomic E-state index is 10.6. The van der Waals surface area contributed by atoms with Crippen LogP contribution in [-0.4, -0.2) is 22.8 Å². The molecule has 0 atom stereocenters. The highest BCUT2D eigenvalue weighted by Gasteiger charge is 2.24. The molecule has 19 heavy (non-hydrogen) atoms. The summed E-state index contributed by atoms with van der Waals surface area (Å²) in [5.41, 5.74) is 1.39. The van der Waals surface area contributed by atoms with Crippen LogP contribution < -0.4 is 4.74 Å². The molecular formula is C15H22O4. The van der Waals surface area contributed by atoms with Gasteiger partial charge in [0.15, 0.2) is 6.61 Å². The van der Waals surface area contributed by atoms with Crippen molar-refractivity contribution in [3.05, 3.63) is 23.3 Å². The number of hydrogen-bond donors (Lipinski definition) is 2. The number of aryl methyl sites for hydroxylation is 1. The predicted molar refractivity (Wildman–Crippen MR) is 73.9 cm³/mol. The van der Waals surface area contributed by atoms with Gasteiger partial charge in [0.2, 0.25) is 0 Å². The summed E-state index contributed by atoms with van der Waals surface area (Å²) in [6, 6.07) is 3.44. The zero-order valence-corrected chi connectivity index (χ0v) is 12.0. The number of carboxylic acids is 1. The van der Waals surface area contributed by atoms with E-state index in [1.165, 1.54) is 0 Å². The minimum atomic E-state index is -1.01. The lowest BCUT2D eigenvalue weighted by Crippen LogP contribution is -2.17. The summed E-state index contributed by atoms with van der Waals surface area (Å²) in [5.74, 6) is -0.229. The van der Waals surface area contributed by atoms with Crippen LogP contribution >= 0.6 is 0 Å². The van der Waals surface area contributed by atoms with Gasteiger partial charge in [0.05, 0.1) is 0 Å². The monoisotopic (exact) mass is 266 g/mol. The maximum Gasteiger partial charge on any atom is 0.341 e. The van der Waals surface area contributed by atoms with Crippen LogP contribution in [0.5, 0.6) is 11.5 Å². The lowest BCUT2D eigenvalue weighted by molar-refractivity contribution is -0.139. The van der Waals surface area contributed by atoms with Crippen LogP contribution in [0.4, 0.5) is 0 Å². The molecule has 4 nitrogen and oxygen atoms in total. The first-order valence-electron chi connectivity index (χ1n) is 6.52. The summed E-state index contributed by atoms with van der Waals surface area (Å²) in [5, 5.41) is 18.9. The van der Waals surface area contributed by atoms with Crippen LogP contribution in [0.25, 0.3) is 0 Å². The Balaban J connectivity index is 3.22. The predicted octanol–water partition coefficient (Wildman–Crippen LogP) is 3.11. The van der Waals surface area contributed by atoms with Crippen LogP contribution in [0.15, 0.2) is 12.1 Å². The second kappa shape index (κ2) is 5.95. The van der Waals surface area contributed by atoms with Gasteiger partial charge in [-0.1, -0.05) is 27.7 Å². The second-order valence-electron chi connectivity index (χ2n) is 5.25. The fourth-order valence-corrected chi connectivity index (χ4v) is 1.87. The Bertz CT molecular complexity index is 463. The zero-order chi connectivity index (χ0) is 14.6. The van der Waals surface area contributed by atoms with E-state index in [1.807, 2.05) is 20.8 Å². The molecule has 0 radical (unpaired) electrons. The molecule has 0 amide bonds. The van der Waals surface area contributed by atoms with Gasteiger partial charge in [-0.05, 0) is 36.0 Å². The Labute approximate surface area is 114 Å². The van der Waals surface area contributed by atoms with Crippen LogP contribution in [0.1, 0.15) is 45.2 Å². The fourth-order valence-electron chi connectivity index (χ4n) is 1.87. The Morgan fingerprint density at radius 3 is 2.42 bits per heavy atom. The molecule has 0 heterocycles. The first kappa shape index (κ1) is 15.3. The number of aliphatic carboxylic acids is 1. The molecule has 0 aliphatic carbocycles.